The number of carbonyl (C=O) groups excluding carboxylic acids is 1. The van der Waals surface area contributed by atoms with Gasteiger partial charge in [0.2, 0.25) is 0 Å². The van der Waals surface area contributed by atoms with Crippen LogP contribution >= 0.6 is 15.9 Å². The van der Waals surface area contributed by atoms with Gasteiger partial charge in [0.15, 0.2) is 0 Å². The number of nitrogens with zero attached hydrogens (tertiary/aromatic N) is 2. The second-order valence-electron chi connectivity index (χ2n) is 4.84. The molecule has 1 aromatic heterocycles. The Bertz CT molecular complexity index is 479. The van der Waals surface area contributed by atoms with Gasteiger partial charge in [0, 0.05) is 36.7 Å². The van der Waals surface area contributed by atoms with Gasteiger partial charge in [-0.2, -0.15) is 0 Å². The number of hydrogen-bond donors (Lipinski definition) is 2. The van der Waals surface area contributed by atoms with Crippen LogP contribution in [-0.4, -0.2) is 47.1 Å². The monoisotopic (exact) mass is 327 g/mol. The minimum Gasteiger partial charge on any atom is -0.393 e. The maximum absolute atomic E-state index is 12.5. The lowest BCUT2D eigenvalue weighted by atomic mass is 10.0. The normalized spacial score (nSPS) is 20.4. The van der Waals surface area contributed by atoms with Gasteiger partial charge in [0.05, 0.1) is 11.7 Å². The summed E-state index contributed by atoms with van der Waals surface area (Å²) in [5.74, 6) is 0.706. The fourth-order valence-corrected chi connectivity index (χ4v) is 2.67. The molecule has 2 atom stereocenters. The summed E-state index contributed by atoms with van der Waals surface area (Å²) in [6, 6.07) is 1.77. The van der Waals surface area contributed by atoms with Crippen molar-refractivity contribution in [2.45, 2.75) is 19.4 Å². The van der Waals surface area contributed by atoms with E-state index >= 15 is 0 Å². The fraction of sp³-hybridized carbons (Fsp3) is 0.538. The summed E-state index contributed by atoms with van der Waals surface area (Å²) in [6.45, 7) is 3.06. The number of amides is 1. The number of aromatic nitrogens is 1. The molecule has 2 N–H and O–H groups in total. The SMILES string of the molecule is CNc1ncc(Br)cc1C(=O)N1CCC(C(C)O)C1. The number of carbonyl (C=O) groups is 1. The van der Waals surface area contributed by atoms with Crippen molar-refractivity contribution in [1.82, 2.24) is 9.88 Å². The van der Waals surface area contributed by atoms with Crippen molar-refractivity contribution in [2.75, 3.05) is 25.5 Å². The van der Waals surface area contributed by atoms with Crippen LogP contribution in [-0.2, 0) is 0 Å². The van der Waals surface area contributed by atoms with Crippen molar-refractivity contribution in [3.05, 3.63) is 22.3 Å². The number of pyridine rings is 1. The first kappa shape index (κ1) is 14.3. The van der Waals surface area contributed by atoms with Gasteiger partial charge in [-0.1, -0.05) is 0 Å². The zero-order chi connectivity index (χ0) is 14.0. The Morgan fingerprint density at radius 3 is 3.00 bits per heavy atom. The lowest BCUT2D eigenvalue weighted by Crippen LogP contribution is -2.31. The third-order valence-corrected chi connectivity index (χ3v) is 3.95. The molecule has 1 aromatic rings. The summed E-state index contributed by atoms with van der Waals surface area (Å²) < 4.78 is 0.779. The van der Waals surface area contributed by atoms with E-state index in [-0.39, 0.29) is 17.9 Å². The number of anilines is 1. The summed E-state index contributed by atoms with van der Waals surface area (Å²) in [5.41, 5.74) is 0.558. The van der Waals surface area contributed by atoms with Crippen molar-refractivity contribution >= 4 is 27.7 Å². The van der Waals surface area contributed by atoms with Crippen LogP contribution in [0, 0.1) is 5.92 Å². The van der Waals surface area contributed by atoms with E-state index in [0.29, 0.717) is 24.5 Å². The Hall–Kier alpha value is -1.14. The predicted molar refractivity (Wildman–Crippen MR) is 77.2 cm³/mol. The van der Waals surface area contributed by atoms with E-state index in [9.17, 15) is 9.90 Å². The Labute approximate surface area is 121 Å². The van der Waals surface area contributed by atoms with Gasteiger partial charge in [0.1, 0.15) is 5.82 Å². The van der Waals surface area contributed by atoms with Gasteiger partial charge in [-0.15, -0.1) is 0 Å². The molecule has 1 amide bonds. The summed E-state index contributed by atoms with van der Waals surface area (Å²) in [4.78, 5) is 18.5. The Morgan fingerprint density at radius 1 is 1.68 bits per heavy atom. The maximum atomic E-state index is 12.5. The first-order valence-corrected chi connectivity index (χ1v) is 7.13. The van der Waals surface area contributed by atoms with Gasteiger partial charge < -0.3 is 15.3 Å². The van der Waals surface area contributed by atoms with Gasteiger partial charge in [-0.3, -0.25) is 4.79 Å². The van der Waals surface area contributed by atoms with E-state index in [1.165, 1.54) is 0 Å². The lowest BCUT2D eigenvalue weighted by molar-refractivity contribution is 0.0763. The van der Waals surface area contributed by atoms with Crippen LogP contribution in [0.5, 0.6) is 0 Å². The van der Waals surface area contributed by atoms with Crippen molar-refractivity contribution < 1.29 is 9.90 Å². The third kappa shape index (κ3) is 3.06. The first-order valence-electron chi connectivity index (χ1n) is 6.33. The summed E-state index contributed by atoms with van der Waals surface area (Å²) in [7, 11) is 1.75. The number of hydrogen-bond acceptors (Lipinski definition) is 4. The highest BCUT2D eigenvalue weighted by Crippen LogP contribution is 2.25. The second kappa shape index (κ2) is 5.88. The molecule has 1 saturated heterocycles. The molecule has 104 valence electrons. The van der Waals surface area contributed by atoms with Crippen LogP contribution in [0.3, 0.4) is 0 Å². The number of nitrogens with one attached hydrogen (secondary N) is 1. The van der Waals surface area contributed by atoms with Crippen molar-refractivity contribution in [3.63, 3.8) is 0 Å². The zero-order valence-electron chi connectivity index (χ0n) is 11.1. The van der Waals surface area contributed by atoms with Crippen LogP contribution in [0.4, 0.5) is 5.82 Å². The van der Waals surface area contributed by atoms with Crippen LogP contribution in [0.2, 0.25) is 0 Å². The highest BCUT2D eigenvalue weighted by atomic mass is 79.9. The van der Waals surface area contributed by atoms with E-state index in [4.69, 9.17) is 0 Å². The zero-order valence-corrected chi connectivity index (χ0v) is 12.6. The molecule has 5 nitrogen and oxygen atoms in total. The Balaban J connectivity index is 2.19. The van der Waals surface area contributed by atoms with Gasteiger partial charge in [-0.05, 0) is 35.3 Å². The minimum absolute atomic E-state index is 0.0405. The quantitative estimate of drug-likeness (QED) is 0.887. The second-order valence-corrected chi connectivity index (χ2v) is 5.76. The largest absolute Gasteiger partial charge is 0.393 e. The molecule has 0 aliphatic carbocycles. The third-order valence-electron chi connectivity index (χ3n) is 3.52. The Morgan fingerprint density at radius 2 is 2.42 bits per heavy atom. The summed E-state index contributed by atoms with van der Waals surface area (Å²) in [5, 5.41) is 12.5. The molecule has 1 fully saturated rings. The molecule has 0 aromatic carbocycles. The fourth-order valence-electron chi connectivity index (χ4n) is 2.34. The molecule has 19 heavy (non-hydrogen) atoms. The standard InChI is InChI=1S/C13H18BrN3O2/c1-8(18)9-3-4-17(7-9)13(19)11-5-10(14)6-16-12(11)15-2/h5-6,8-9,18H,3-4,7H2,1-2H3,(H,15,16). The van der Waals surface area contributed by atoms with Crippen LogP contribution in [0.1, 0.15) is 23.7 Å². The topological polar surface area (TPSA) is 65.5 Å². The van der Waals surface area contributed by atoms with Gasteiger partial charge in [0.25, 0.3) is 5.91 Å². The van der Waals surface area contributed by atoms with Crippen LogP contribution in [0.25, 0.3) is 0 Å². The molecular formula is C13H18BrN3O2. The highest BCUT2D eigenvalue weighted by molar-refractivity contribution is 9.10. The van der Waals surface area contributed by atoms with Crippen LogP contribution < -0.4 is 5.32 Å². The van der Waals surface area contributed by atoms with Gasteiger partial charge >= 0.3 is 0 Å². The van der Waals surface area contributed by atoms with E-state index in [2.05, 4.69) is 26.2 Å². The average molecular weight is 328 g/mol. The number of likely N-dealkylation sites (tertiary alicyclic amines) is 1. The molecule has 6 heteroatoms. The molecule has 1 aliphatic rings. The van der Waals surface area contributed by atoms with Gasteiger partial charge in [-0.25, -0.2) is 4.98 Å². The molecule has 0 spiro atoms. The van der Waals surface area contributed by atoms with Crippen molar-refractivity contribution in [1.29, 1.82) is 0 Å². The summed E-state index contributed by atoms with van der Waals surface area (Å²) in [6.07, 6.45) is 2.13. The molecule has 0 saturated carbocycles. The molecule has 2 unspecified atom stereocenters. The molecule has 2 heterocycles. The molecular weight excluding hydrogens is 310 g/mol. The smallest absolute Gasteiger partial charge is 0.257 e. The average Bonchev–Trinajstić information content (AvgIpc) is 2.87. The minimum atomic E-state index is -0.373. The maximum Gasteiger partial charge on any atom is 0.257 e. The van der Waals surface area contributed by atoms with Crippen molar-refractivity contribution in [2.24, 2.45) is 5.92 Å². The van der Waals surface area contributed by atoms with E-state index < -0.39 is 0 Å². The summed E-state index contributed by atoms with van der Waals surface area (Å²) >= 11 is 3.34. The van der Waals surface area contributed by atoms with Crippen LogP contribution in [0.15, 0.2) is 16.7 Å². The number of rotatable bonds is 3. The highest BCUT2D eigenvalue weighted by Gasteiger charge is 2.30. The van der Waals surface area contributed by atoms with E-state index in [1.54, 1.807) is 31.1 Å². The lowest BCUT2D eigenvalue weighted by Gasteiger charge is -2.19. The number of aliphatic hydroxyl groups excluding tert-OH is 1. The molecule has 0 bridgehead atoms. The van der Waals surface area contributed by atoms with E-state index in [1.807, 2.05) is 0 Å². The number of aliphatic hydroxyl groups is 1. The van der Waals surface area contributed by atoms with Crippen molar-refractivity contribution in [3.8, 4) is 0 Å². The molecule has 2 rings (SSSR count). The molecule has 1 aliphatic heterocycles. The first-order chi connectivity index (χ1) is 9.02. The molecule has 0 radical (unpaired) electrons. The number of halogens is 1. The Kier molecular flexibility index (Phi) is 4.42. The predicted octanol–water partition coefficient (Wildman–Crippen LogP) is 1.73. The van der Waals surface area contributed by atoms with E-state index in [0.717, 1.165) is 10.9 Å².